The highest BCUT2D eigenvalue weighted by Gasteiger charge is 2.18. The molecular formula is C21H20N6O2. The predicted octanol–water partition coefficient (Wildman–Crippen LogP) is 3.04. The molecule has 0 aliphatic rings. The van der Waals surface area contributed by atoms with Crippen LogP contribution in [0.4, 0.5) is 0 Å². The molecule has 8 nitrogen and oxygen atoms in total. The molecule has 146 valence electrons. The van der Waals surface area contributed by atoms with Crippen molar-refractivity contribution in [3.05, 3.63) is 72.1 Å². The van der Waals surface area contributed by atoms with Crippen LogP contribution >= 0.6 is 0 Å². The van der Waals surface area contributed by atoms with E-state index in [-0.39, 0.29) is 5.91 Å². The van der Waals surface area contributed by atoms with Crippen LogP contribution in [-0.2, 0) is 6.54 Å². The molecule has 0 atom stereocenters. The van der Waals surface area contributed by atoms with Gasteiger partial charge in [0.2, 0.25) is 0 Å². The number of aromatic nitrogens is 5. The van der Waals surface area contributed by atoms with Gasteiger partial charge < -0.3 is 9.84 Å². The van der Waals surface area contributed by atoms with Gasteiger partial charge in [0.25, 0.3) is 5.91 Å². The van der Waals surface area contributed by atoms with Gasteiger partial charge in [0.1, 0.15) is 0 Å². The highest BCUT2D eigenvalue weighted by Crippen LogP contribution is 2.32. The van der Waals surface area contributed by atoms with Gasteiger partial charge in [-0.05, 0) is 38.1 Å². The maximum Gasteiger partial charge on any atom is 0.252 e. The van der Waals surface area contributed by atoms with Crippen molar-refractivity contribution in [1.29, 1.82) is 0 Å². The number of hydrogen-bond donors (Lipinski definition) is 1. The van der Waals surface area contributed by atoms with Crippen molar-refractivity contribution in [2.45, 2.75) is 20.4 Å². The SMILES string of the molecule is Cc1ccc(-c2c(-c3cc(C)no3)cnn2CCNC(=O)c2cccnc2)cn1. The second kappa shape index (κ2) is 8.05. The molecule has 0 unspecified atom stereocenters. The van der Waals surface area contributed by atoms with Crippen molar-refractivity contribution in [3.8, 4) is 22.6 Å². The lowest BCUT2D eigenvalue weighted by molar-refractivity contribution is 0.0951. The van der Waals surface area contributed by atoms with E-state index in [1.165, 1.54) is 6.20 Å². The van der Waals surface area contributed by atoms with Crippen LogP contribution in [0.3, 0.4) is 0 Å². The van der Waals surface area contributed by atoms with E-state index >= 15 is 0 Å². The Morgan fingerprint density at radius 1 is 1.14 bits per heavy atom. The minimum atomic E-state index is -0.171. The Bertz CT molecular complexity index is 1120. The van der Waals surface area contributed by atoms with E-state index in [0.717, 1.165) is 28.2 Å². The fourth-order valence-electron chi connectivity index (χ4n) is 3.01. The molecule has 1 N–H and O–H groups in total. The highest BCUT2D eigenvalue weighted by molar-refractivity contribution is 5.93. The average molecular weight is 388 g/mol. The highest BCUT2D eigenvalue weighted by atomic mass is 16.5. The molecule has 0 bridgehead atoms. The van der Waals surface area contributed by atoms with Crippen molar-refractivity contribution in [3.63, 3.8) is 0 Å². The molecule has 4 aromatic rings. The van der Waals surface area contributed by atoms with Crippen molar-refractivity contribution in [1.82, 2.24) is 30.2 Å². The molecule has 4 heterocycles. The van der Waals surface area contributed by atoms with E-state index in [9.17, 15) is 4.79 Å². The molecule has 0 aromatic carbocycles. The Labute approximate surface area is 167 Å². The van der Waals surface area contributed by atoms with Gasteiger partial charge in [-0.25, -0.2) is 0 Å². The van der Waals surface area contributed by atoms with Gasteiger partial charge in [-0.2, -0.15) is 5.10 Å². The Balaban J connectivity index is 1.59. The summed E-state index contributed by atoms with van der Waals surface area (Å²) in [6.07, 6.45) is 6.73. The fourth-order valence-corrected chi connectivity index (χ4v) is 3.01. The summed E-state index contributed by atoms with van der Waals surface area (Å²) >= 11 is 0. The van der Waals surface area contributed by atoms with Gasteiger partial charge in [0.05, 0.1) is 35.3 Å². The number of aryl methyl sites for hydroxylation is 2. The summed E-state index contributed by atoms with van der Waals surface area (Å²) in [6.45, 7) is 4.72. The maximum atomic E-state index is 12.2. The van der Waals surface area contributed by atoms with Crippen LogP contribution in [0.2, 0.25) is 0 Å². The molecule has 8 heteroatoms. The van der Waals surface area contributed by atoms with Crippen LogP contribution < -0.4 is 5.32 Å². The quantitative estimate of drug-likeness (QED) is 0.545. The Hall–Kier alpha value is -3.81. The summed E-state index contributed by atoms with van der Waals surface area (Å²) in [5, 5.41) is 11.4. The molecule has 0 aliphatic carbocycles. The Morgan fingerprint density at radius 3 is 2.72 bits per heavy atom. The first-order chi connectivity index (χ1) is 14.1. The van der Waals surface area contributed by atoms with E-state index in [1.807, 2.05) is 42.9 Å². The minimum Gasteiger partial charge on any atom is -0.356 e. The van der Waals surface area contributed by atoms with Crippen molar-refractivity contribution < 1.29 is 9.32 Å². The van der Waals surface area contributed by atoms with E-state index in [1.54, 1.807) is 24.5 Å². The van der Waals surface area contributed by atoms with E-state index in [0.29, 0.717) is 24.4 Å². The lowest BCUT2D eigenvalue weighted by atomic mass is 10.1. The Morgan fingerprint density at radius 2 is 2.03 bits per heavy atom. The molecule has 0 spiro atoms. The second-order valence-electron chi connectivity index (χ2n) is 6.65. The predicted molar refractivity (Wildman–Crippen MR) is 107 cm³/mol. The van der Waals surface area contributed by atoms with Crippen molar-refractivity contribution >= 4 is 5.91 Å². The molecule has 29 heavy (non-hydrogen) atoms. The monoisotopic (exact) mass is 388 g/mol. The molecule has 4 aromatic heterocycles. The zero-order valence-electron chi connectivity index (χ0n) is 16.2. The third kappa shape index (κ3) is 4.06. The first-order valence-corrected chi connectivity index (χ1v) is 9.22. The molecular weight excluding hydrogens is 368 g/mol. The van der Waals surface area contributed by atoms with E-state index in [2.05, 4.69) is 25.5 Å². The molecule has 0 fully saturated rings. The number of hydrogen-bond acceptors (Lipinski definition) is 6. The summed E-state index contributed by atoms with van der Waals surface area (Å²) in [7, 11) is 0. The number of amides is 1. The van der Waals surface area contributed by atoms with Crippen LogP contribution in [0.15, 0.2) is 59.6 Å². The van der Waals surface area contributed by atoms with Gasteiger partial charge in [0, 0.05) is 42.5 Å². The van der Waals surface area contributed by atoms with Gasteiger partial charge in [-0.1, -0.05) is 5.16 Å². The summed E-state index contributed by atoms with van der Waals surface area (Å²) < 4.78 is 7.29. The Kier molecular flexibility index (Phi) is 5.15. The van der Waals surface area contributed by atoms with Gasteiger partial charge in [-0.3, -0.25) is 19.4 Å². The summed E-state index contributed by atoms with van der Waals surface area (Å²) in [5.74, 6) is 0.471. The smallest absolute Gasteiger partial charge is 0.252 e. The number of carbonyl (C=O) groups excluding carboxylic acids is 1. The maximum absolute atomic E-state index is 12.2. The molecule has 0 saturated heterocycles. The molecule has 1 amide bonds. The van der Waals surface area contributed by atoms with Crippen LogP contribution in [0.5, 0.6) is 0 Å². The van der Waals surface area contributed by atoms with E-state index < -0.39 is 0 Å². The molecule has 4 rings (SSSR count). The van der Waals surface area contributed by atoms with E-state index in [4.69, 9.17) is 4.52 Å². The molecule has 0 saturated carbocycles. The van der Waals surface area contributed by atoms with Crippen LogP contribution in [0.1, 0.15) is 21.7 Å². The first-order valence-electron chi connectivity index (χ1n) is 9.22. The van der Waals surface area contributed by atoms with Gasteiger partial charge in [-0.15, -0.1) is 0 Å². The number of rotatable bonds is 6. The fraction of sp³-hybridized carbons (Fsp3) is 0.190. The van der Waals surface area contributed by atoms with Gasteiger partial charge >= 0.3 is 0 Å². The third-order valence-corrected chi connectivity index (χ3v) is 4.45. The molecule has 0 aliphatic heterocycles. The lowest BCUT2D eigenvalue weighted by Crippen LogP contribution is -2.27. The normalized spacial score (nSPS) is 10.8. The number of carbonyl (C=O) groups is 1. The first kappa shape index (κ1) is 18.5. The number of nitrogens with one attached hydrogen (secondary N) is 1. The van der Waals surface area contributed by atoms with Crippen LogP contribution in [0.25, 0.3) is 22.6 Å². The zero-order valence-corrected chi connectivity index (χ0v) is 16.2. The average Bonchev–Trinajstić information content (AvgIpc) is 3.35. The lowest BCUT2D eigenvalue weighted by Gasteiger charge is -2.10. The summed E-state index contributed by atoms with van der Waals surface area (Å²) in [5.41, 5.74) is 4.86. The standard InChI is InChI=1S/C21H20N6O2/c1-14-5-6-16(12-24-14)20-18(19-10-15(2)26-29-19)13-25-27(20)9-8-23-21(28)17-4-3-7-22-11-17/h3-7,10-13H,8-9H2,1-2H3,(H,23,28). The molecule has 0 radical (unpaired) electrons. The van der Waals surface area contributed by atoms with Gasteiger partial charge in [0.15, 0.2) is 5.76 Å². The van der Waals surface area contributed by atoms with Crippen molar-refractivity contribution in [2.75, 3.05) is 6.54 Å². The summed E-state index contributed by atoms with van der Waals surface area (Å²) in [6, 6.07) is 9.28. The number of pyridine rings is 2. The third-order valence-electron chi connectivity index (χ3n) is 4.45. The zero-order chi connectivity index (χ0) is 20.2. The number of nitrogens with zero attached hydrogens (tertiary/aromatic N) is 5. The minimum absolute atomic E-state index is 0.171. The summed E-state index contributed by atoms with van der Waals surface area (Å²) in [4.78, 5) is 20.6. The van der Waals surface area contributed by atoms with Crippen molar-refractivity contribution in [2.24, 2.45) is 0 Å². The topological polar surface area (TPSA) is 98.7 Å². The largest absolute Gasteiger partial charge is 0.356 e. The van der Waals surface area contributed by atoms with Crippen LogP contribution in [-0.4, -0.2) is 37.4 Å². The van der Waals surface area contributed by atoms with Crippen LogP contribution in [0, 0.1) is 13.8 Å². The second-order valence-corrected chi connectivity index (χ2v) is 6.65.